The van der Waals surface area contributed by atoms with Crippen LogP contribution in [0.1, 0.15) is 12.8 Å². The van der Waals surface area contributed by atoms with Gasteiger partial charge in [0.15, 0.2) is 5.60 Å². The van der Waals surface area contributed by atoms with Gasteiger partial charge in [0.1, 0.15) is 0 Å². The Bertz CT molecular complexity index is 370. The van der Waals surface area contributed by atoms with Crippen LogP contribution in [0.5, 0.6) is 0 Å². The Kier molecular flexibility index (Phi) is 8.25. The number of phosphoric ester groups is 1. The molecule has 0 aromatic rings. The van der Waals surface area contributed by atoms with Gasteiger partial charge in [-0.05, 0) is 0 Å². The van der Waals surface area contributed by atoms with E-state index in [1.165, 1.54) is 0 Å². The van der Waals surface area contributed by atoms with Gasteiger partial charge in [0, 0.05) is 0 Å². The van der Waals surface area contributed by atoms with Crippen LogP contribution >= 0.6 is 7.82 Å². The van der Waals surface area contributed by atoms with Gasteiger partial charge in [-0.25, -0.2) is 9.36 Å². The van der Waals surface area contributed by atoms with Crippen molar-refractivity contribution in [2.45, 2.75) is 18.4 Å². The normalized spacial score (nSPS) is 11.4. The summed E-state index contributed by atoms with van der Waals surface area (Å²) >= 11 is 0. The third-order valence-corrected chi connectivity index (χ3v) is 2.14. The van der Waals surface area contributed by atoms with Crippen LogP contribution in [0.25, 0.3) is 0 Å². The monoisotopic (exact) mass is 314 g/mol. The Morgan fingerprint density at radius 3 is 1.50 bits per heavy atom. The van der Waals surface area contributed by atoms with Crippen molar-refractivity contribution in [1.29, 1.82) is 0 Å². The molecule has 0 rings (SSSR count). The number of carboxylic acid groups (broad SMARTS) is 3. The van der Waals surface area contributed by atoms with E-state index in [1.54, 1.807) is 0 Å². The van der Waals surface area contributed by atoms with E-state index in [-0.39, 0.29) is 37.7 Å². The molecule has 0 radical (unpaired) electrons. The molecule has 0 aliphatic carbocycles. The minimum atomic E-state index is -5.36. The second-order valence-corrected chi connectivity index (χ2v) is 4.19. The molecule has 0 saturated heterocycles. The van der Waals surface area contributed by atoms with Crippen molar-refractivity contribution in [2.24, 2.45) is 0 Å². The zero-order valence-electron chi connectivity index (χ0n) is 8.14. The summed E-state index contributed by atoms with van der Waals surface area (Å²) in [7, 11) is -5.36. The number of aliphatic carboxylic acids is 3. The van der Waals surface area contributed by atoms with Gasteiger partial charge in [0.25, 0.3) is 0 Å². The summed E-state index contributed by atoms with van der Waals surface area (Å²) in [5.74, 6) is -5.64. The first-order valence-electron chi connectivity index (χ1n) is 3.92. The van der Waals surface area contributed by atoms with E-state index in [4.69, 9.17) is 25.1 Å². The van der Waals surface area contributed by atoms with Gasteiger partial charge in [-0.3, -0.25) is 14.1 Å². The number of hydrogen-bond donors (Lipinski definition) is 5. The summed E-state index contributed by atoms with van der Waals surface area (Å²) in [6, 6.07) is 0. The number of rotatable bonds is 7. The molecular weight excluding hydrogens is 303 g/mol. The van der Waals surface area contributed by atoms with Gasteiger partial charge in [-0.1, -0.05) is 0 Å². The molecule has 18 heavy (non-hydrogen) atoms. The first-order valence-corrected chi connectivity index (χ1v) is 5.45. The molecule has 0 aromatic carbocycles. The predicted octanol–water partition coefficient (Wildman–Crippen LogP) is -2.05. The molecule has 0 aromatic heterocycles. The molecule has 0 atom stereocenters. The fourth-order valence-electron chi connectivity index (χ4n) is 1.03. The molecule has 0 aliphatic rings. The molecule has 10 nitrogen and oxygen atoms in total. The predicted molar refractivity (Wildman–Crippen MR) is 56.5 cm³/mol. The van der Waals surface area contributed by atoms with Crippen molar-refractivity contribution in [3.8, 4) is 0 Å². The van der Waals surface area contributed by atoms with Crippen molar-refractivity contribution < 1.29 is 48.6 Å². The SMILES string of the molecule is O=C(O)CC(CC(=O)O)(OP(=O)(O)O)C(=O)O.[CaH2]. The van der Waals surface area contributed by atoms with E-state index in [2.05, 4.69) is 4.52 Å². The summed E-state index contributed by atoms with van der Waals surface area (Å²) in [5.41, 5.74) is -3.02. The quantitative estimate of drug-likeness (QED) is 0.259. The summed E-state index contributed by atoms with van der Waals surface area (Å²) in [6.07, 6.45) is -2.81. The molecule has 0 aliphatic heterocycles. The Hall–Kier alpha value is -0.220. The Morgan fingerprint density at radius 2 is 1.33 bits per heavy atom. The van der Waals surface area contributed by atoms with Crippen LogP contribution < -0.4 is 0 Å². The molecule has 102 valence electrons. The Balaban J connectivity index is 0. The molecule has 0 spiro atoms. The van der Waals surface area contributed by atoms with Crippen molar-refractivity contribution in [3.63, 3.8) is 0 Å². The number of hydrogen-bond acceptors (Lipinski definition) is 5. The van der Waals surface area contributed by atoms with Crippen LogP contribution in [-0.2, 0) is 23.5 Å². The second-order valence-electron chi connectivity index (χ2n) is 3.02. The zero-order chi connectivity index (χ0) is 13.9. The maximum absolute atomic E-state index is 10.8. The standard InChI is InChI=1S/C6H9O10P.Ca.2H/c7-3(8)1-6(5(11)12,2-4(9)10)16-17(13,14)15;;;/h1-2H2,(H,7,8)(H,9,10)(H,11,12)(H2,13,14,15);;;. The summed E-state index contributed by atoms with van der Waals surface area (Å²) in [4.78, 5) is 48.5. The molecule has 0 saturated carbocycles. The topological polar surface area (TPSA) is 179 Å². The van der Waals surface area contributed by atoms with Gasteiger partial charge in [0.05, 0.1) is 12.8 Å². The Morgan fingerprint density at radius 1 is 1.00 bits per heavy atom. The number of carboxylic acids is 3. The fourth-order valence-corrected chi connectivity index (χ4v) is 1.70. The Labute approximate surface area is 130 Å². The summed E-state index contributed by atoms with van der Waals surface area (Å²) in [5, 5.41) is 25.5. The van der Waals surface area contributed by atoms with Crippen LogP contribution in [0.2, 0.25) is 0 Å². The third kappa shape index (κ3) is 7.27. The average molecular weight is 314 g/mol. The molecule has 0 heterocycles. The van der Waals surface area contributed by atoms with Gasteiger partial charge < -0.3 is 25.1 Å². The molecule has 0 amide bonds. The zero-order valence-corrected chi connectivity index (χ0v) is 9.03. The van der Waals surface area contributed by atoms with Crippen LogP contribution in [0.15, 0.2) is 0 Å². The fraction of sp³-hybridized carbons (Fsp3) is 0.500. The van der Waals surface area contributed by atoms with Gasteiger partial charge >= 0.3 is 63.5 Å². The first-order chi connectivity index (χ1) is 7.48. The second kappa shape index (κ2) is 7.39. The van der Waals surface area contributed by atoms with E-state index in [1.807, 2.05) is 0 Å². The van der Waals surface area contributed by atoms with Crippen molar-refractivity contribution >= 4 is 63.5 Å². The first kappa shape index (κ1) is 20.1. The van der Waals surface area contributed by atoms with Crippen molar-refractivity contribution in [1.82, 2.24) is 0 Å². The van der Waals surface area contributed by atoms with Crippen LogP contribution in [0, 0.1) is 0 Å². The van der Waals surface area contributed by atoms with E-state index < -0.39 is 44.2 Å². The molecular formula is C6H11CaO10P. The van der Waals surface area contributed by atoms with Gasteiger partial charge in [0.2, 0.25) is 0 Å². The maximum atomic E-state index is 10.8. The van der Waals surface area contributed by atoms with Crippen LogP contribution in [0.3, 0.4) is 0 Å². The van der Waals surface area contributed by atoms with E-state index in [9.17, 15) is 18.9 Å². The molecule has 0 bridgehead atoms. The minimum absolute atomic E-state index is 0. The van der Waals surface area contributed by atoms with Gasteiger partial charge in [-0.15, -0.1) is 0 Å². The number of carbonyl (C=O) groups is 3. The number of phosphoric acid groups is 1. The third-order valence-electron chi connectivity index (χ3n) is 1.56. The average Bonchev–Trinajstić information content (AvgIpc) is 1.96. The van der Waals surface area contributed by atoms with Crippen LogP contribution in [-0.4, -0.2) is 86.4 Å². The summed E-state index contributed by atoms with van der Waals surface area (Å²) in [6.45, 7) is 0. The van der Waals surface area contributed by atoms with E-state index in [0.717, 1.165) is 0 Å². The molecule has 0 fully saturated rings. The van der Waals surface area contributed by atoms with E-state index in [0.29, 0.717) is 0 Å². The van der Waals surface area contributed by atoms with Crippen molar-refractivity contribution in [2.75, 3.05) is 0 Å². The van der Waals surface area contributed by atoms with Crippen LogP contribution in [0.4, 0.5) is 0 Å². The molecule has 0 unspecified atom stereocenters. The van der Waals surface area contributed by atoms with Gasteiger partial charge in [-0.2, -0.15) is 0 Å². The summed E-state index contributed by atoms with van der Waals surface area (Å²) < 4.78 is 14.4. The van der Waals surface area contributed by atoms with Crippen molar-refractivity contribution in [3.05, 3.63) is 0 Å². The molecule has 5 N–H and O–H groups in total. The molecule has 12 heteroatoms. The van der Waals surface area contributed by atoms with E-state index >= 15 is 0 Å².